The summed E-state index contributed by atoms with van der Waals surface area (Å²) in [4.78, 5) is 20.9. The Labute approximate surface area is 863 Å². The summed E-state index contributed by atoms with van der Waals surface area (Å²) in [5.74, 6) is 2.49. The van der Waals surface area contributed by atoms with Crippen molar-refractivity contribution in [2.24, 2.45) is 0 Å². The lowest BCUT2D eigenvalue weighted by atomic mass is 9.98. The maximum absolute atomic E-state index is 5.30. The highest BCUT2D eigenvalue weighted by Crippen LogP contribution is 2.47. The van der Waals surface area contributed by atoms with Crippen LogP contribution in [0.5, 0.6) is 0 Å². The molecule has 0 saturated carbocycles. The van der Waals surface area contributed by atoms with Gasteiger partial charge < -0.3 is 13.7 Å². The normalized spacial score (nSPS) is 11.7. The van der Waals surface area contributed by atoms with Crippen molar-refractivity contribution in [2.45, 2.75) is 0 Å². The first-order valence-electron chi connectivity index (χ1n) is 51.1. The van der Waals surface area contributed by atoms with Crippen LogP contribution in [0.4, 0.5) is 0 Å². The van der Waals surface area contributed by atoms with Crippen molar-refractivity contribution in [3.63, 3.8) is 0 Å². The molecule has 0 radical (unpaired) electrons. The van der Waals surface area contributed by atoms with Crippen LogP contribution in [-0.4, -0.2) is 47.3 Å². The van der Waals surface area contributed by atoms with Gasteiger partial charge in [-0.3, -0.25) is 13.7 Å². The van der Waals surface area contributed by atoms with Crippen LogP contribution in [0.3, 0.4) is 0 Å². The van der Waals surface area contributed by atoms with E-state index < -0.39 is 0 Å². The molecule has 10 nitrogen and oxygen atoms in total. The van der Waals surface area contributed by atoms with Crippen LogP contribution < -0.4 is 0 Å². The van der Waals surface area contributed by atoms with Gasteiger partial charge >= 0.3 is 0 Å². The number of pyridine rings is 2. The van der Waals surface area contributed by atoms with E-state index in [0.717, 1.165) is 94.4 Å². The molecule has 0 aliphatic heterocycles. The van der Waals surface area contributed by atoms with E-state index in [-0.39, 0.29) is 0 Å². The fraction of sp³-hybridized carbons (Fsp3) is 0. The Morgan fingerprint density at radius 3 is 0.667 bits per heavy atom. The molecule has 0 bridgehead atoms. The topological polar surface area (TPSA) is 81.1 Å². The van der Waals surface area contributed by atoms with Gasteiger partial charge in [-0.1, -0.05) is 370 Å². The average molecular weight is 1910 g/mol. The number of benzene rings is 22. The standard InChI is InChI=1S/C51H33N3.C45H29N3.C44H28N4/c1-3-13-34(14-4-1)35-23-25-36(26-24-35)43-33-51(52-46-20-10-7-17-40(43)46)54-48-22-12-9-19-42(48)45-32-38(28-30-50(45)54)37-27-29-49-44(31-37)41-18-8-11-21-47(41)53(49)39-15-5-2-6-16-39;1-3-13-30(14-4-1)37-29-45(46-40-20-10-7-17-34(37)40)48-42-22-12-9-19-36(42)39-28-32(24-26-44(39)48)31-23-25-43-38(27-31)35-18-8-11-21-41(35)47(43)33-15-5-2-6-16-33;1-3-13-29(14-4-1)43-35-19-7-10-20-38(35)45-44(46-43)48-40-22-12-9-18-34(40)37-28-31(24-26-42(37)48)30-23-25-41-36(27-30)33-17-8-11-21-39(33)47(41)32-15-5-2-6-16-32/h1-33H;1-29H;1-28H. The lowest BCUT2D eigenvalue weighted by Gasteiger charge is -2.13. The third-order valence-electron chi connectivity index (χ3n) is 30.2. The second kappa shape index (κ2) is 36.0. The van der Waals surface area contributed by atoms with Gasteiger partial charge in [-0.05, 0) is 243 Å². The summed E-state index contributed by atoms with van der Waals surface area (Å²) >= 11 is 0. The first kappa shape index (κ1) is 86.5. The average Bonchev–Trinajstić information content (AvgIpc) is 1.62. The molecular formula is C140H90N10. The highest BCUT2D eigenvalue weighted by molar-refractivity contribution is 6.18. The number of rotatable bonds is 13. The summed E-state index contributed by atoms with van der Waals surface area (Å²) in [5, 5.41) is 18.0. The number of hydrogen-bond acceptors (Lipinski definition) is 4. The highest BCUT2D eigenvalue weighted by Gasteiger charge is 2.26. The monoisotopic (exact) mass is 1910 g/mol. The van der Waals surface area contributed by atoms with Gasteiger partial charge in [-0.15, -0.1) is 0 Å². The summed E-state index contributed by atoms with van der Waals surface area (Å²) in [5.41, 5.74) is 36.6. The fourth-order valence-electron chi connectivity index (χ4n) is 23.3. The van der Waals surface area contributed by atoms with Gasteiger partial charge in [0.1, 0.15) is 11.6 Å². The molecule has 31 aromatic rings. The molecule has 31 rings (SSSR count). The molecule has 0 amide bonds. The quantitative estimate of drug-likeness (QED) is 0.115. The number of hydrogen-bond donors (Lipinski definition) is 0. The zero-order valence-corrected chi connectivity index (χ0v) is 81.4. The first-order chi connectivity index (χ1) is 74.4. The van der Waals surface area contributed by atoms with Gasteiger partial charge in [0.15, 0.2) is 0 Å². The van der Waals surface area contributed by atoms with Crippen molar-refractivity contribution in [1.29, 1.82) is 0 Å². The number of nitrogens with zero attached hydrogens (tertiary/aromatic N) is 10. The predicted molar refractivity (Wildman–Crippen MR) is 627 cm³/mol. The van der Waals surface area contributed by atoms with Crippen molar-refractivity contribution in [3.8, 4) is 113 Å². The van der Waals surface area contributed by atoms with E-state index in [1.165, 1.54) is 176 Å². The minimum absolute atomic E-state index is 0.668. The van der Waals surface area contributed by atoms with Crippen LogP contribution in [0.15, 0.2) is 546 Å². The fourth-order valence-corrected chi connectivity index (χ4v) is 23.3. The second-order valence-corrected chi connectivity index (χ2v) is 38.7. The molecule has 0 saturated heterocycles. The second-order valence-electron chi connectivity index (χ2n) is 38.7. The Kier molecular flexibility index (Phi) is 20.7. The van der Waals surface area contributed by atoms with Gasteiger partial charge in [-0.25, -0.2) is 19.9 Å². The van der Waals surface area contributed by atoms with Crippen molar-refractivity contribution in [2.75, 3.05) is 0 Å². The Bertz CT molecular complexity index is 10400. The van der Waals surface area contributed by atoms with Crippen LogP contribution in [0, 0.1) is 0 Å². The smallest absolute Gasteiger partial charge is 0.235 e. The summed E-state index contributed by atoms with van der Waals surface area (Å²) < 4.78 is 14.0. The molecule has 0 atom stereocenters. The van der Waals surface area contributed by atoms with Gasteiger partial charge in [0.25, 0.3) is 0 Å². The van der Waals surface area contributed by atoms with E-state index in [0.29, 0.717) is 5.95 Å². The Morgan fingerprint density at radius 2 is 0.333 bits per heavy atom. The van der Waals surface area contributed by atoms with E-state index in [1.54, 1.807) is 0 Å². The maximum atomic E-state index is 5.30. The minimum Gasteiger partial charge on any atom is -0.309 e. The molecular weight excluding hydrogens is 1820 g/mol. The highest BCUT2D eigenvalue weighted by atomic mass is 15.2. The number of fused-ring (bicyclic) bond motifs is 21. The summed E-state index contributed by atoms with van der Waals surface area (Å²) in [6.07, 6.45) is 0. The van der Waals surface area contributed by atoms with Gasteiger partial charge in [-0.2, -0.15) is 0 Å². The molecule has 0 aliphatic carbocycles. The Hall–Kier alpha value is -20.2. The van der Waals surface area contributed by atoms with Gasteiger partial charge in [0.2, 0.25) is 5.95 Å². The largest absolute Gasteiger partial charge is 0.309 e. The summed E-state index contributed by atoms with van der Waals surface area (Å²) in [6.45, 7) is 0. The molecule has 9 heterocycles. The van der Waals surface area contributed by atoms with E-state index in [4.69, 9.17) is 19.9 Å². The zero-order valence-electron chi connectivity index (χ0n) is 81.4. The lowest BCUT2D eigenvalue weighted by molar-refractivity contribution is 1.01. The minimum atomic E-state index is 0.668. The molecule has 22 aromatic carbocycles. The zero-order chi connectivity index (χ0) is 98.8. The van der Waals surface area contributed by atoms with Crippen molar-refractivity contribution >= 4 is 164 Å². The molecule has 700 valence electrons. The molecule has 0 aliphatic rings. The number of para-hydroxylation sites is 12. The third-order valence-corrected chi connectivity index (χ3v) is 30.2. The molecule has 0 spiro atoms. The van der Waals surface area contributed by atoms with E-state index >= 15 is 0 Å². The maximum Gasteiger partial charge on any atom is 0.235 e. The summed E-state index contributed by atoms with van der Waals surface area (Å²) in [6, 6.07) is 195. The Balaban J connectivity index is 0.000000106. The van der Waals surface area contributed by atoms with Crippen molar-refractivity contribution in [1.82, 2.24) is 47.3 Å². The first-order valence-corrected chi connectivity index (χ1v) is 51.1. The van der Waals surface area contributed by atoms with Crippen molar-refractivity contribution < 1.29 is 0 Å². The van der Waals surface area contributed by atoms with Crippen LogP contribution in [-0.2, 0) is 0 Å². The van der Waals surface area contributed by atoms with Crippen LogP contribution in [0.2, 0.25) is 0 Å². The predicted octanol–water partition coefficient (Wildman–Crippen LogP) is 36.4. The SMILES string of the molecule is c1ccc(-c2cc(-n3c4ccccc4c4cc(-c5ccc6c(c5)c5ccccc5n6-c5ccccc5)ccc43)nc3ccccc23)cc1.c1ccc(-c2ccc(-c3cc(-n4c5ccccc5c5cc(-c6ccc7c(c6)c6ccccc6n7-c6ccccc6)ccc54)nc4ccccc34)cc2)cc1.c1ccc(-c2nc(-n3c4ccccc4c4cc(-c5ccc6c(c5)c5ccccc5n6-c5ccccc5)ccc43)nc3ccccc23)cc1. The van der Waals surface area contributed by atoms with E-state index in [9.17, 15) is 0 Å². The lowest BCUT2D eigenvalue weighted by Crippen LogP contribution is -2.03. The van der Waals surface area contributed by atoms with E-state index in [1.807, 2.05) is 12.1 Å². The van der Waals surface area contributed by atoms with Crippen LogP contribution >= 0.6 is 0 Å². The van der Waals surface area contributed by atoms with Crippen LogP contribution in [0.25, 0.3) is 276 Å². The van der Waals surface area contributed by atoms with E-state index in [2.05, 4.69) is 561 Å². The third kappa shape index (κ3) is 14.6. The summed E-state index contributed by atoms with van der Waals surface area (Å²) in [7, 11) is 0. The molecule has 0 N–H and O–H groups in total. The molecule has 0 fully saturated rings. The molecule has 9 aromatic heterocycles. The molecule has 150 heavy (non-hydrogen) atoms. The Morgan fingerprint density at radius 1 is 0.120 bits per heavy atom. The van der Waals surface area contributed by atoms with Gasteiger partial charge in [0.05, 0.1) is 88.4 Å². The molecule has 10 heteroatoms. The van der Waals surface area contributed by atoms with Crippen LogP contribution in [0.1, 0.15) is 0 Å². The van der Waals surface area contributed by atoms with Gasteiger partial charge in [0, 0.05) is 103 Å². The van der Waals surface area contributed by atoms with Crippen molar-refractivity contribution in [3.05, 3.63) is 546 Å². The molecule has 0 unspecified atom stereocenters. The number of aromatic nitrogens is 10.